The molecule has 0 unspecified atom stereocenters. The van der Waals surface area contributed by atoms with Crippen molar-refractivity contribution < 1.29 is 17.4 Å². The summed E-state index contributed by atoms with van der Waals surface area (Å²) in [5, 5.41) is 12.7. The zero-order valence-corrected chi connectivity index (χ0v) is 19.0. The first-order valence-electron chi connectivity index (χ1n) is 9.17. The molecule has 1 amide bonds. The van der Waals surface area contributed by atoms with Crippen LogP contribution in [-0.2, 0) is 14.9 Å². The van der Waals surface area contributed by atoms with Crippen molar-refractivity contribution in [1.82, 2.24) is 0 Å². The fraction of sp³-hybridized carbons (Fsp3) is 0.0435. The predicted octanol–water partition coefficient (Wildman–Crippen LogP) is 5.62. The number of nitriles is 1. The van der Waals surface area contributed by atoms with E-state index < -0.39 is 16.0 Å². The van der Waals surface area contributed by atoms with Crippen LogP contribution in [-0.4, -0.2) is 14.3 Å². The molecule has 162 valence electrons. The van der Waals surface area contributed by atoms with E-state index in [-0.39, 0.29) is 26.8 Å². The van der Waals surface area contributed by atoms with Crippen LogP contribution in [0.4, 0.5) is 5.69 Å². The zero-order valence-electron chi connectivity index (χ0n) is 16.7. The van der Waals surface area contributed by atoms with Crippen LogP contribution in [0.2, 0.25) is 10.0 Å². The second-order valence-corrected chi connectivity index (χ2v) is 9.09. The summed E-state index contributed by atoms with van der Waals surface area (Å²) < 4.78 is 30.6. The van der Waals surface area contributed by atoms with Crippen molar-refractivity contribution in [2.24, 2.45) is 0 Å². The highest BCUT2D eigenvalue weighted by atomic mass is 35.5. The molecular weight excluding hydrogens is 471 g/mol. The summed E-state index contributed by atoms with van der Waals surface area (Å²) in [5.74, 6) is -0.791. The second-order valence-electron chi connectivity index (χ2n) is 6.67. The number of rotatable bonds is 6. The summed E-state index contributed by atoms with van der Waals surface area (Å²) in [6, 6.07) is 18.6. The monoisotopic (exact) mass is 486 g/mol. The number of carbonyl (C=O) groups is 1. The van der Waals surface area contributed by atoms with Crippen LogP contribution in [0.1, 0.15) is 11.1 Å². The lowest BCUT2D eigenvalue weighted by atomic mass is 10.1. The number of halogens is 2. The van der Waals surface area contributed by atoms with Crippen molar-refractivity contribution in [3.8, 4) is 11.8 Å². The van der Waals surface area contributed by atoms with Gasteiger partial charge in [-0.25, -0.2) is 0 Å². The van der Waals surface area contributed by atoms with Gasteiger partial charge in [0.05, 0.1) is 0 Å². The van der Waals surface area contributed by atoms with Gasteiger partial charge >= 0.3 is 10.1 Å². The Hall–Kier alpha value is -3.31. The van der Waals surface area contributed by atoms with Gasteiger partial charge in [-0.2, -0.15) is 13.7 Å². The van der Waals surface area contributed by atoms with Gasteiger partial charge in [0.2, 0.25) is 0 Å². The molecule has 0 spiro atoms. The first-order valence-corrected chi connectivity index (χ1v) is 11.3. The van der Waals surface area contributed by atoms with E-state index in [0.29, 0.717) is 10.7 Å². The van der Waals surface area contributed by atoms with E-state index in [1.54, 1.807) is 36.4 Å². The van der Waals surface area contributed by atoms with Gasteiger partial charge in [-0.3, -0.25) is 4.79 Å². The summed E-state index contributed by atoms with van der Waals surface area (Å²) in [7, 11) is -4.15. The minimum atomic E-state index is -4.15. The lowest BCUT2D eigenvalue weighted by Gasteiger charge is -2.11. The van der Waals surface area contributed by atoms with Crippen LogP contribution in [0.3, 0.4) is 0 Å². The smallest absolute Gasteiger partial charge is 0.339 e. The molecular formula is C23H16Cl2N2O4S. The average Bonchev–Trinajstić information content (AvgIpc) is 2.74. The van der Waals surface area contributed by atoms with Crippen molar-refractivity contribution in [3.63, 3.8) is 0 Å². The van der Waals surface area contributed by atoms with E-state index in [1.807, 2.05) is 6.92 Å². The Morgan fingerprint density at radius 1 is 1.03 bits per heavy atom. The molecule has 0 aromatic heterocycles. The van der Waals surface area contributed by atoms with Gasteiger partial charge in [-0.05, 0) is 61.5 Å². The highest BCUT2D eigenvalue weighted by Gasteiger charge is 2.19. The van der Waals surface area contributed by atoms with Gasteiger partial charge in [-0.1, -0.05) is 47.0 Å². The van der Waals surface area contributed by atoms with Gasteiger partial charge in [0.25, 0.3) is 5.91 Å². The molecule has 0 saturated carbocycles. The molecule has 0 aliphatic heterocycles. The van der Waals surface area contributed by atoms with Crippen LogP contribution >= 0.6 is 23.2 Å². The minimum absolute atomic E-state index is 0.0350. The van der Waals surface area contributed by atoms with Crippen LogP contribution in [0.15, 0.2) is 77.2 Å². The highest BCUT2D eigenvalue weighted by molar-refractivity contribution is 7.87. The first-order chi connectivity index (χ1) is 15.2. The quantitative estimate of drug-likeness (QED) is 0.277. The molecule has 0 atom stereocenters. The standard InChI is InChI=1S/C23H16Cl2N2O4S/c1-15-5-8-21(9-6-15)32(29,30)31-22-10-7-19(25)12-16(22)11-17(14-26)23(28)27-20-4-2-3-18(24)13-20/h2-13H,1H3,(H,27,28)/b17-11+. The molecule has 0 saturated heterocycles. The number of nitrogens with one attached hydrogen (secondary N) is 1. The van der Waals surface area contributed by atoms with E-state index >= 15 is 0 Å². The molecule has 3 aromatic carbocycles. The van der Waals surface area contributed by atoms with Gasteiger partial charge < -0.3 is 9.50 Å². The maximum absolute atomic E-state index is 12.7. The molecule has 1 N–H and O–H groups in total. The molecule has 0 heterocycles. The molecule has 0 fully saturated rings. The molecule has 3 rings (SSSR count). The van der Waals surface area contributed by atoms with Crippen molar-refractivity contribution >= 4 is 51.0 Å². The SMILES string of the molecule is Cc1ccc(S(=O)(=O)Oc2ccc(Cl)cc2/C=C(\C#N)C(=O)Nc2cccc(Cl)c2)cc1. The number of amides is 1. The van der Waals surface area contributed by atoms with E-state index in [2.05, 4.69) is 5.32 Å². The third kappa shape index (κ3) is 5.89. The molecule has 9 heteroatoms. The van der Waals surface area contributed by atoms with Crippen LogP contribution in [0, 0.1) is 18.3 Å². The number of benzene rings is 3. The number of nitrogens with zero attached hydrogens (tertiary/aromatic N) is 1. The molecule has 0 aliphatic rings. The van der Waals surface area contributed by atoms with Gasteiger partial charge in [-0.15, -0.1) is 0 Å². The van der Waals surface area contributed by atoms with Crippen LogP contribution < -0.4 is 9.50 Å². The Morgan fingerprint density at radius 2 is 1.72 bits per heavy atom. The van der Waals surface area contributed by atoms with E-state index in [4.69, 9.17) is 27.4 Å². The van der Waals surface area contributed by atoms with Crippen molar-refractivity contribution in [1.29, 1.82) is 5.26 Å². The zero-order chi connectivity index (χ0) is 23.3. The molecule has 6 nitrogen and oxygen atoms in total. The topological polar surface area (TPSA) is 96.3 Å². The molecule has 32 heavy (non-hydrogen) atoms. The Labute approximate surface area is 195 Å². The van der Waals surface area contributed by atoms with Crippen molar-refractivity contribution in [3.05, 3.63) is 93.5 Å². The maximum Gasteiger partial charge on any atom is 0.339 e. The highest BCUT2D eigenvalue weighted by Crippen LogP contribution is 2.28. The lowest BCUT2D eigenvalue weighted by molar-refractivity contribution is -0.112. The van der Waals surface area contributed by atoms with Crippen LogP contribution in [0.25, 0.3) is 6.08 Å². The Morgan fingerprint density at radius 3 is 2.38 bits per heavy atom. The minimum Gasteiger partial charge on any atom is -0.378 e. The van der Waals surface area contributed by atoms with Gasteiger partial charge in [0.1, 0.15) is 22.3 Å². The average molecular weight is 487 g/mol. The normalized spacial score (nSPS) is 11.5. The number of carbonyl (C=O) groups excluding carboxylic acids is 1. The fourth-order valence-corrected chi connectivity index (χ4v) is 3.97. The number of hydrogen-bond donors (Lipinski definition) is 1. The molecule has 0 bridgehead atoms. The summed E-state index contributed by atoms with van der Waals surface area (Å²) >= 11 is 12.0. The first kappa shape index (κ1) is 23.4. The summed E-state index contributed by atoms with van der Waals surface area (Å²) in [6.07, 6.45) is 1.20. The predicted molar refractivity (Wildman–Crippen MR) is 124 cm³/mol. The Balaban J connectivity index is 1.94. The summed E-state index contributed by atoms with van der Waals surface area (Å²) in [4.78, 5) is 12.5. The van der Waals surface area contributed by atoms with Crippen molar-refractivity contribution in [2.75, 3.05) is 5.32 Å². The lowest BCUT2D eigenvalue weighted by Crippen LogP contribution is -2.14. The summed E-state index contributed by atoms with van der Waals surface area (Å²) in [6.45, 7) is 1.83. The maximum atomic E-state index is 12.7. The third-order valence-corrected chi connectivity index (χ3v) is 5.95. The number of hydrogen-bond acceptors (Lipinski definition) is 5. The summed E-state index contributed by atoms with van der Waals surface area (Å²) in [5.41, 5.74) is 1.15. The van der Waals surface area contributed by atoms with Crippen LogP contribution in [0.5, 0.6) is 5.75 Å². The van der Waals surface area contributed by atoms with E-state index in [9.17, 15) is 18.5 Å². The molecule has 3 aromatic rings. The number of aryl methyl sites for hydroxylation is 1. The molecule has 0 radical (unpaired) electrons. The van der Waals surface area contributed by atoms with E-state index in [0.717, 1.165) is 5.56 Å². The number of anilines is 1. The Bertz CT molecular complexity index is 1350. The largest absolute Gasteiger partial charge is 0.378 e. The third-order valence-electron chi connectivity index (χ3n) is 4.23. The van der Waals surface area contributed by atoms with E-state index in [1.165, 1.54) is 42.5 Å². The van der Waals surface area contributed by atoms with Gasteiger partial charge in [0, 0.05) is 21.3 Å². The Kier molecular flexibility index (Phi) is 7.21. The molecule has 0 aliphatic carbocycles. The second kappa shape index (κ2) is 9.88. The fourth-order valence-electron chi connectivity index (χ4n) is 2.65. The van der Waals surface area contributed by atoms with Crippen molar-refractivity contribution in [2.45, 2.75) is 11.8 Å². The van der Waals surface area contributed by atoms with Gasteiger partial charge in [0.15, 0.2) is 0 Å².